The number of nitrogens with zero attached hydrogens (tertiary/aromatic N) is 2. The van der Waals surface area contributed by atoms with Gasteiger partial charge in [0.25, 0.3) is 0 Å². The molecule has 0 fully saturated rings. The molecule has 0 N–H and O–H groups in total. The molecule has 4 nitrogen and oxygen atoms in total. The largest absolute Gasteiger partial charge is 0.374 e. The molecule has 0 amide bonds. The molecule has 1 aromatic heterocycles. The van der Waals surface area contributed by atoms with Gasteiger partial charge in [-0.25, -0.2) is 4.98 Å². The first-order valence-electron chi connectivity index (χ1n) is 5.72. The highest BCUT2D eigenvalue weighted by atomic mass is 16.5. The Labute approximate surface area is 100 Å². The van der Waals surface area contributed by atoms with E-state index in [1.807, 2.05) is 42.8 Å². The van der Waals surface area contributed by atoms with Gasteiger partial charge < -0.3 is 9.30 Å². The lowest BCUT2D eigenvalue weighted by atomic mass is 10.3. The van der Waals surface area contributed by atoms with Crippen molar-refractivity contribution in [2.75, 3.05) is 13.2 Å². The van der Waals surface area contributed by atoms with Crippen LogP contribution in [0.15, 0.2) is 24.3 Å². The van der Waals surface area contributed by atoms with E-state index in [9.17, 15) is 4.79 Å². The zero-order valence-electron chi connectivity index (χ0n) is 10.1. The van der Waals surface area contributed by atoms with Gasteiger partial charge in [-0.15, -0.1) is 0 Å². The van der Waals surface area contributed by atoms with Crippen LogP contribution in [-0.2, 0) is 23.0 Å². The number of ether oxygens (including phenoxy) is 1. The predicted molar refractivity (Wildman–Crippen MR) is 65.9 cm³/mol. The van der Waals surface area contributed by atoms with Gasteiger partial charge in [-0.3, -0.25) is 4.79 Å². The molecule has 17 heavy (non-hydrogen) atoms. The van der Waals surface area contributed by atoms with Crippen molar-refractivity contribution in [1.29, 1.82) is 0 Å². The molecule has 0 aliphatic carbocycles. The number of hydrogen-bond donors (Lipinski definition) is 0. The van der Waals surface area contributed by atoms with E-state index in [0.29, 0.717) is 13.0 Å². The van der Waals surface area contributed by atoms with E-state index in [2.05, 4.69) is 4.98 Å². The number of imidazole rings is 1. The van der Waals surface area contributed by atoms with Gasteiger partial charge in [0.1, 0.15) is 12.4 Å². The van der Waals surface area contributed by atoms with Crippen molar-refractivity contribution in [3.8, 4) is 0 Å². The summed E-state index contributed by atoms with van der Waals surface area (Å²) in [7, 11) is 1.93. The number of aromatic nitrogens is 2. The molecule has 1 heterocycles. The van der Waals surface area contributed by atoms with Gasteiger partial charge in [0.05, 0.1) is 17.5 Å². The Kier molecular flexibility index (Phi) is 3.54. The van der Waals surface area contributed by atoms with Gasteiger partial charge >= 0.3 is 0 Å². The Hall–Kier alpha value is -1.68. The summed E-state index contributed by atoms with van der Waals surface area (Å²) < 4.78 is 7.05. The minimum Gasteiger partial charge on any atom is -0.374 e. The third-order valence-corrected chi connectivity index (χ3v) is 2.70. The Morgan fingerprint density at radius 1 is 1.41 bits per heavy atom. The van der Waals surface area contributed by atoms with Crippen LogP contribution in [0.2, 0.25) is 0 Å². The van der Waals surface area contributed by atoms with Crippen molar-refractivity contribution in [1.82, 2.24) is 9.55 Å². The second kappa shape index (κ2) is 5.10. The zero-order chi connectivity index (χ0) is 12.3. The first-order valence-corrected chi connectivity index (χ1v) is 5.72. The highest BCUT2D eigenvalue weighted by molar-refractivity contribution is 5.83. The van der Waals surface area contributed by atoms with Crippen molar-refractivity contribution in [3.63, 3.8) is 0 Å². The van der Waals surface area contributed by atoms with Gasteiger partial charge in [0.2, 0.25) is 0 Å². The van der Waals surface area contributed by atoms with Gasteiger partial charge in [-0.05, 0) is 19.1 Å². The number of para-hydroxylation sites is 2. The molecule has 0 radical (unpaired) electrons. The molecule has 0 saturated carbocycles. The fourth-order valence-corrected chi connectivity index (χ4v) is 1.80. The van der Waals surface area contributed by atoms with Crippen LogP contribution in [0.25, 0.3) is 11.0 Å². The summed E-state index contributed by atoms with van der Waals surface area (Å²) in [5.41, 5.74) is 1.97. The molecular weight excluding hydrogens is 216 g/mol. The molecule has 1 aromatic carbocycles. The molecule has 0 aliphatic rings. The van der Waals surface area contributed by atoms with E-state index in [0.717, 1.165) is 16.9 Å². The van der Waals surface area contributed by atoms with Crippen LogP contribution in [0.4, 0.5) is 0 Å². The van der Waals surface area contributed by atoms with Crippen LogP contribution < -0.4 is 0 Å². The smallest absolute Gasteiger partial charge is 0.165 e. The second-order valence-corrected chi connectivity index (χ2v) is 3.93. The lowest BCUT2D eigenvalue weighted by Crippen LogP contribution is -2.14. The van der Waals surface area contributed by atoms with Crippen molar-refractivity contribution >= 4 is 16.8 Å². The first-order chi connectivity index (χ1) is 8.22. The topological polar surface area (TPSA) is 44.1 Å². The van der Waals surface area contributed by atoms with Crippen LogP contribution in [0.1, 0.15) is 12.7 Å². The van der Waals surface area contributed by atoms with Crippen LogP contribution >= 0.6 is 0 Å². The molecular formula is C13H16N2O2. The minimum atomic E-state index is 0.0604. The maximum absolute atomic E-state index is 11.6. The van der Waals surface area contributed by atoms with E-state index >= 15 is 0 Å². The third-order valence-electron chi connectivity index (χ3n) is 2.70. The SMILES string of the molecule is CCOCC(=O)Cc1nc2ccccc2n1C. The summed E-state index contributed by atoms with van der Waals surface area (Å²) in [6, 6.07) is 7.86. The number of fused-ring (bicyclic) bond motifs is 1. The minimum absolute atomic E-state index is 0.0604. The average Bonchev–Trinajstić information content (AvgIpc) is 2.64. The molecule has 2 rings (SSSR count). The normalized spacial score (nSPS) is 10.9. The Morgan fingerprint density at radius 2 is 2.18 bits per heavy atom. The fourth-order valence-electron chi connectivity index (χ4n) is 1.80. The molecule has 0 saturated heterocycles. The fraction of sp³-hybridized carbons (Fsp3) is 0.385. The van der Waals surface area contributed by atoms with Gasteiger partial charge in [-0.2, -0.15) is 0 Å². The van der Waals surface area contributed by atoms with Crippen LogP contribution in [0.3, 0.4) is 0 Å². The first kappa shape index (κ1) is 11.8. The van der Waals surface area contributed by atoms with Crippen molar-refractivity contribution in [2.24, 2.45) is 7.05 Å². The molecule has 0 unspecified atom stereocenters. The maximum Gasteiger partial charge on any atom is 0.165 e. The van der Waals surface area contributed by atoms with Crippen LogP contribution in [-0.4, -0.2) is 28.5 Å². The highest BCUT2D eigenvalue weighted by Crippen LogP contribution is 2.14. The highest BCUT2D eigenvalue weighted by Gasteiger charge is 2.11. The molecule has 0 spiro atoms. The Bertz CT molecular complexity index is 531. The quantitative estimate of drug-likeness (QED) is 0.788. The van der Waals surface area contributed by atoms with Gasteiger partial charge in [-0.1, -0.05) is 12.1 Å². The van der Waals surface area contributed by atoms with Gasteiger partial charge in [0, 0.05) is 13.7 Å². The predicted octanol–water partition coefficient (Wildman–Crippen LogP) is 1.72. The monoisotopic (exact) mass is 232 g/mol. The number of aryl methyl sites for hydroxylation is 1. The maximum atomic E-state index is 11.6. The zero-order valence-corrected chi connectivity index (χ0v) is 10.1. The Morgan fingerprint density at radius 3 is 2.88 bits per heavy atom. The number of benzene rings is 1. The number of carbonyl (C=O) groups excluding carboxylic acids is 1. The van der Waals surface area contributed by atoms with Crippen molar-refractivity contribution < 1.29 is 9.53 Å². The molecule has 90 valence electrons. The molecule has 4 heteroatoms. The lowest BCUT2D eigenvalue weighted by molar-refractivity contribution is -0.122. The summed E-state index contributed by atoms with van der Waals surface area (Å²) in [4.78, 5) is 16.1. The summed E-state index contributed by atoms with van der Waals surface area (Å²) in [6.07, 6.45) is 0.325. The number of rotatable bonds is 5. The molecule has 0 bridgehead atoms. The standard InChI is InChI=1S/C13H16N2O2/c1-3-17-9-10(16)8-13-14-11-6-4-5-7-12(11)15(13)2/h4-7H,3,8-9H2,1-2H3. The molecule has 0 atom stereocenters. The van der Waals surface area contributed by atoms with E-state index in [4.69, 9.17) is 4.74 Å². The average molecular weight is 232 g/mol. The van der Waals surface area contributed by atoms with E-state index in [-0.39, 0.29) is 12.4 Å². The number of Topliss-reactive ketones (excluding diaryl/α,β-unsaturated/α-hetero) is 1. The van der Waals surface area contributed by atoms with E-state index in [1.165, 1.54) is 0 Å². The number of ketones is 1. The molecule has 2 aromatic rings. The summed E-state index contributed by atoms with van der Waals surface area (Å²) in [5.74, 6) is 0.848. The molecule has 0 aliphatic heterocycles. The number of hydrogen-bond acceptors (Lipinski definition) is 3. The van der Waals surface area contributed by atoms with E-state index in [1.54, 1.807) is 0 Å². The van der Waals surface area contributed by atoms with Crippen LogP contribution in [0.5, 0.6) is 0 Å². The van der Waals surface area contributed by atoms with Gasteiger partial charge in [0.15, 0.2) is 5.78 Å². The van der Waals surface area contributed by atoms with Crippen molar-refractivity contribution in [3.05, 3.63) is 30.1 Å². The second-order valence-electron chi connectivity index (χ2n) is 3.93. The Balaban J connectivity index is 2.19. The summed E-state index contributed by atoms with van der Waals surface area (Å²) in [6.45, 7) is 2.61. The summed E-state index contributed by atoms with van der Waals surface area (Å²) >= 11 is 0. The van der Waals surface area contributed by atoms with E-state index < -0.39 is 0 Å². The third kappa shape index (κ3) is 2.53. The van der Waals surface area contributed by atoms with Crippen molar-refractivity contribution in [2.45, 2.75) is 13.3 Å². The summed E-state index contributed by atoms with van der Waals surface area (Å²) in [5, 5.41) is 0. The number of carbonyl (C=O) groups is 1. The van der Waals surface area contributed by atoms with Crippen LogP contribution in [0, 0.1) is 0 Å². The lowest BCUT2D eigenvalue weighted by Gasteiger charge is -2.02.